The number of hydrogen-bond donors (Lipinski definition) is 1. The zero-order chi connectivity index (χ0) is 14.6. The Morgan fingerprint density at radius 3 is 2.55 bits per heavy atom. The summed E-state index contributed by atoms with van der Waals surface area (Å²) in [5, 5.41) is 3.30. The van der Waals surface area contributed by atoms with Crippen molar-refractivity contribution in [2.75, 3.05) is 25.5 Å². The first-order valence-electron chi connectivity index (χ1n) is 6.74. The molecule has 20 heavy (non-hydrogen) atoms. The summed E-state index contributed by atoms with van der Waals surface area (Å²) in [6.45, 7) is 1.95. The molecule has 0 radical (unpaired) electrons. The molecule has 1 saturated heterocycles. The number of halogens is 3. The molecule has 0 bridgehead atoms. The molecule has 0 aliphatic carbocycles. The molecule has 1 fully saturated rings. The van der Waals surface area contributed by atoms with Gasteiger partial charge in [0.1, 0.15) is 0 Å². The predicted molar refractivity (Wildman–Crippen MR) is 77.1 cm³/mol. The van der Waals surface area contributed by atoms with Gasteiger partial charge in [-0.3, -0.25) is 0 Å². The number of hydrogen-bond acceptors (Lipinski definition) is 3. The van der Waals surface area contributed by atoms with Gasteiger partial charge in [-0.05, 0) is 62.5 Å². The number of alkyl halides is 3. The Hall–Kier alpha value is -0.880. The van der Waals surface area contributed by atoms with Crippen LogP contribution < -0.4 is 5.32 Å². The molecular weight excluding hydrogens is 285 g/mol. The fourth-order valence-electron chi connectivity index (χ4n) is 2.41. The number of nitrogens with zero attached hydrogens (tertiary/aromatic N) is 1. The monoisotopic (exact) mass is 304 g/mol. The maximum Gasteiger partial charge on any atom is 0.446 e. The lowest BCUT2D eigenvalue weighted by Crippen LogP contribution is -2.40. The molecule has 1 aliphatic rings. The van der Waals surface area contributed by atoms with E-state index in [0.29, 0.717) is 6.04 Å². The molecule has 0 saturated carbocycles. The summed E-state index contributed by atoms with van der Waals surface area (Å²) in [6, 6.07) is 6.93. The minimum Gasteiger partial charge on any atom is -0.383 e. The van der Waals surface area contributed by atoms with Gasteiger partial charge in [-0.15, -0.1) is 0 Å². The minimum absolute atomic E-state index is 0.0800. The van der Waals surface area contributed by atoms with Crippen molar-refractivity contribution in [2.45, 2.75) is 35.7 Å². The van der Waals surface area contributed by atoms with Crippen LogP contribution >= 0.6 is 11.8 Å². The average molecular weight is 304 g/mol. The fourth-order valence-corrected chi connectivity index (χ4v) is 2.95. The van der Waals surface area contributed by atoms with Crippen LogP contribution in [0.4, 0.5) is 18.9 Å². The highest BCUT2D eigenvalue weighted by molar-refractivity contribution is 8.00. The number of nitrogens with one attached hydrogen (secondary N) is 1. The maximum absolute atomic E-state index is 12.2. The topological polar surface area (TPSA) is 15.3 Å². The zero-order valence-electron chi connectivity index (χ0n) is 11.4. The molecule has 1 aliphatic heterocycles. The largest absolute Gasteiger partial charge is 0.446 e. The van der Waals surface area contributed by atoms with E-state index in [1.807, 2.05) is 0 Å². The van der Waals surface area contributed by atoms with Crippen LogP contribution in [0.5, 0.6) is 0 Å². The Balaban J connectivity index is 1.84. The van der Waals surface area contributed by atoms with E-state index in [1.54, 1.807) is 12.1 Å². The first-order chi connectivity index (χ1) is 9.44. The Morgan fingerprint density at radius 1 is 1.25 bits per heavy atom. The van der Waals surface area contributed by atoms with Gasteiger partial charge in [0.05, 0.1) is 0 Å². The Morgan fingerprint density at radius 2 is 1.95 bits per heavy atom. The first-order valence-corrected chi connectivity index (χ1v) is 7.55. The summed E-state index contributed by atoms with van der Waals surface area (Å²) in [5.41, 5.74) is -3.35. The number of likely N-dealkylation sites (tertiary alicyclic amines) is 1. The van der Waals surface area contributed by atoms with Crippen molar-refractivity contribution < 1.29 is 13.2 Å². The van der Waals surface area contributed by atoms with Crippen molar-refractivity contribution in [3.05, 3.63) is 24.3 Å². The molecule has 6 heteroatoms. The van der Waals surface area contributed by atoms with Crippen LogP contribution in [-0.2, 0) is 0 Å². The van der Waals surface area contributed by atoms with Crippen LogP contribution in [0.3, 0.4) is 0 Å². The van der Waals surface area contributed by atoms with E-state index in [4.69, 9.17) is 0 Å². The van der Waals surface area contributed by atoms with Gasteiger partial charge in [0.25, 0.3) is 0 Å². The SMILES string of the molecule is CN1CCCCC1CNc1ccc(SC(F)(F)F)cc1. The molecule has 2 rings (SSSR count). The van der Waals surface area contributed by atoms with E-state index < -0.39 is 5.51 Å². The molecule has 1 aromatic rings. The van der Waals surface area contributed by atoms with Gasteiger partial charge < -0.3 is 10.2 Å². The van der Waals surface area contributed by atoms with Crippen molar-refractivity contribution in [3.8, 4) is 0 Å². The lowest BCUT2D eigenvalue weighted by molar-refractivity contribution is -0.0328. The molecule has 1 N–H and O–H groups in total. The summed E-state index contributed by atoms with van der Waals surface area (Å²) in [4.78, 5) is 2.56. The maximum atomic E-state index is 12.2. The molecule has 1 heterocycles. The quantitative estimate of drug-likeness (QED) is 0.840. The molecule has 112 valence electrons. The number of rotatable bonds is 4. The summed E-state index contributed by atoms with van der Waals surface area (Å²) in [5.74, 6) is 0. The first kappa shape index (κ1) is 15.5. The third-order valence-electron chi connectivity index (χ3n) is 3.55. The average Bonchev–Trinajstić information content (AvgIpc) is 2.38. The molecule has 0 aromatic heterocycles. The molecule has 0 spiro atoms. The van der Waals surface area contributed by atoms with Crippen LogP contribution in [-0.4, -0.2) is 36.6 Å². The zero-order valence-corrected chi connectivity index (χ0v) is 12.2. The van der Waals surface area contributed by atoms with Crippen molar-refractivity contribution in [3.63, 3.8) is 0 Å². The van der Waals surface area contributed by atoms with E-state index in [-0.39, 0.29) is 16.7 Å². The van der Waals surface area contributed by atoms with E-state index in [1.165, 1.54) is 31.4 Å². The highest BCUT2D eigenvalue weighted by Crippen LogP contribution is 2.37. The summed E-state index contributed by atoms with van der Waals surface area (Å²) >= 11 is -0.0800. The number of likely N-dealkylation sites (N-methyl/N-ethyl adjacent to an activating group) is 1. The molecule has 1 atom stereocenters. The smallest absolute Gasteiger partial charge is 0.383 e. The van der Waals surface area contributed by atoms with Crippen molar-refractivity contribution >= 4 is 17.4 Å². The highest BCUT2D eigenvalue weighted by Gasteiger charge is 2.29. The van der Waals surface area contributed by atoms with Crippen molar-refractivity contribution in [2.24, 2.45) is 0 Å². The van der Waals surface area contributed by atoms with Crippen molar-refractivity contribution in [1.29, 1.82) is 0 Å². The minimum atomic E-state index is -4.22. The fraction of sp³-hybridized carbons (Fsp3) is 0.571. The van der Waals surface area contributed by atoms with Gasteiger partial charge in [0.2, 0.25) is 0 Å². The molecule has 1 aromatic carbocycles. The number of anilines is 1. The summed E-state index contributed by atoms with van der Waals surface area (Å²) in [7, 11) is 2.12. The van der Waals surface area contributed by atoms with E-state index in [0.717, 1.165) is 18.8 Å². The third-order valence-corrected chi connectivity index (χ3v) is 4.29. The lowest BCUT2D eigenvalue weighted by Gasteiger charge is -2.32. The summed E-state index contributed by atoms with van der Waals surface area (Å²) in [6.07, 6.45) is 3.67. The number of thioether (sulfide) groups is 1. The Bertz CT molecular complexity index is 419. The van der Waals surface area contributed by atoms with Crippen LogP contribution in [0, 0.1) is 0 Å². The van der Waals surface area contributed by atoms with Gasteiger partial charge in [-0.1, -0.05) is 6.42 Å². The van der Waals surface area contributed by atoms with Crippen LogP contribution in [0.2, 0.25) is 0 Å². The number of piperidine rings is 1. The van der Waals surface area contributed by atoms with Crippen LogP contribution in [0.1, 0.15) is 19.3 Å². The molecule has 1 unspecified atom stereocenters. The second-order valence-electron chi connectivity index (χ2n) is 5.08. The Kier molecular flexibility index (Phi) is 5.21. The Labute approximate surface area is 121 Å². The van der Waals surface area contributed by atoms with Crippen LogP contribution in [0.15, 0.2) is 29.2 Å². The number of benzene rings is 1. The van der Waals surface area contributed by atoms with Gasteiger partial charge in [-0.25, -0.2) is 0 Å². The third kappa shape index (κ3) is 4.90. The second kappa shape index (κ2) is 6.72. The van der Waals surface area contributed by atoms with Crippen LogP contribution in [0.25, 0.3) is 0 Å². The predicted octanol–water partition coefficient (Wildman–Crippen LogP) is 4.19. The van der Waals surface area contributed by atoms with Gasteiger partial charge in [-0.2, -0.15) is 13.2 Å². The van der Waals surface area contributed by atoms with Gasteiger partial charge in [0, 0.05) is 23.2 Å². The van der Waals surface area contributed by atoms with Gasteiger partial charge in [0.15, 0.2) is 0 Å². The normalized spacial score (nSPS) is 20.9. The van der Waals surface area contributed by atoms with E-state index in [2.05, 4.69) is 17.3 Å². The lowest BCUT2D eigenvalue weighted by atomic mass is 10.0. The summed E-state index contributed by atoms with van der Waals surface area (Å²) < 4.78 is 36.7. The van der Waals surface area contributed by atoms with E-state index in [9.17, 15) is 13.2 Å². The van der Waals surface area contributed by atoms with Gasteiger partial charge >= 0.3 is 5.51 Å². The molecule has 2 nitrogen and oxygen atoms in total. The molecule has 0 amide bonds. The standard InChI is InChI=1S/C14H19F3N2S/c1-19-9-3-2-4-12(19)10-18-11-5-7-13(8-6-11)20-14(15,16)17/h5-8,12,18H,2-4,9-10H2,1H3. The van der Waals surface area contributed by atoms with Crippen molar-refractivity contribution in [1.82, 2.24) is 4.90 Å². The highest BCUT2D eigenvalue weighted by atomic mass is 32.2. The van der Waals surface area contributed by atoms with E-state index >= 15 is 0 Å². The second-order valence-corrected chi connectivity index (χ2v) is 6.22. The molecular formula is C14H19F3N2S.